The van der Waals surface area contributed by atoms with Crippen molar-refractivity contribution in [3.63, 3.8) is 0 Å². The molecule has 1 aliphatic rings. The topological polar surface area (TPSA) is 58.7 Å². The van der Waals surface area contributed by atoms with E-state index in [-0.39, 0.29) is 6.61 Å². The van der Waals surface area contributed by atoms with Gasteiger partial charge in [-0.2, -0.15) is 0 Å². The van der Waals surface area contributed by atoms with E-state index in [0.29, 0.717) is 6.04 Å². The van der Waals surface area contributed by atoms with E-state index in [1.165, 1.54) is 12.8 Å². The number of benzene rings is 1. The maximum Gasteiger partial charge on any atom is 0.121 e. The molecule has 0 amide bonds. The third-order valence-corrected chi connectivity index (χ3v) is 3.63. The zero-order chi connectivity index (χ0) is 13.0. The first-order valence-electron chi connectivity index (χ1n) is 6.57. The van der Waals surface area contributed by atoms with Gasteiger partial charge in [0.1, 0.15) is 5.75 Å². The fourth-order valence-corrected chi connectivity index (χ4v) is 2.69. The van der Waals surface area contributed by atoms with Crippen LogP contribution in [-0.4, -0.2) is 31.4 Å². The Labute approximate surface area is 108 Å². The third-order valence-electron chi connectivity index (χ3n) is 3.63. The van der Waals surface area contributed by atoms with Gasteiger partial charge in [-0.15, -0.1) is 0 Å². The Hall–Kier alpha value is -1.42. The van der Waals surface area contributed by atoms with Crippen LogP contribution in [0.5, 0.6) is 5.75 Å². The average Bonchev–Trinajstić information content (AvgIpc) is 2.40. The molecule has 3 N–H and O–H groups in total. The molecule has 0 aliphatic carbocycles. The van der Waals surface area contributed by atoms with Gasteiger partial charge in [0, 0.05) is 25.3 Å². The lowest BCUT2D eigenvalue weighted by Gasteiger charge is -2.38. The normalized spacial score (nSPS) is 19.9. The zero-order valence-electron chi connectivity index (χ0n) is 10.9. The number of nitrogens with zero attached hydrogens (tertiary/aromatic N) is 1. The lowest BCUT2D eigenvalue weighted by Crippen LogP contribution is -2.40. The number of nitrogen functional groups attached to an aromatic ring is 1. The Morgan fingerprint density at radius 3 is 2.94 bits per heavy atom. The van der Waals surface area contributed by atoms with Crippen LogP contribution in [0, 0.1) is 0 Å². The molecule has 2 rings (SSSR count). The van der Waals surface area contributed by atoms with Crippen molar-refractivity contribution in [3.8, 4) is 5.75 Å². The summed E-state index contributed by atoms with van der Waals surface area (Å²) < 4.78 is 5.17. The van der Waals surface area contributed by atoms with Crippen molar-refractivity contribution in [2.45, 2.75) is 31.7 Å². The molecule has 1 aliphatic heterocycles. The highest BCUT2D eigenvalue weighted by molar-refractivity contribution is 5.70. The number of anilines is 2. The third kappa shape index (κ3) is 2.70. The van der Waals surface area contributed by atoms with Crippen molar-refractivity contribution in [1.82, 2.24) is 0 Å². The second kappa shape index (κ2) is 5.96. The molecule has 0 aromatic heterocycles. The molecule has 0 saturated carbocycles. The van der Waals surface area contributed by atoms with Crippen LogP contribution in [0.2, 0.25) is 0 Å². The molecule has 1 atom stereocenters. The summed E-state index contributed by atoms with van der Waals surface area (Å²) >= 11 is 0. The fraction of sp³-hybridized carbons (Fsp3) is 0.571. The second-order valence-electron chi connectivity index (χ2n) is 4.78. The Morgan fingerprint density at radius 1 is 1.44 bits per heavy atom. The first-order valence-corrected chi connectivity index (χ1v) is 6.57. The van der Waals surface area contributed by atoms with E-state index >= 15 is 0 Å². The summed E-state index contributed by atoms with van der Waals surface area (Å²) in [6.07, 6.45) is 4.36. The van der Waals surface area contributed by atoms with Gasteiger partial charge in [-0.05, 0) is 37.8 Å². The van der Waals surface area contributed by atoms with Gasteiger partial charge in [0.05, 0.1) is 18.5 Å². The summed E-state index contributed by atoms with van der Waals surface area (Å²) in [6, 6.07) is 6.22. The number of aliphatic hydroxyl groups is 1. The molecule has 1 unspecified atom stereocenters. The van der Waals surface area contributed by atoms with Gasteiger partial charge >= 0.3 is 0 Å². The van der Waals surface area contributed by atoms with Gasteiger partial charge in [0.15, 0.2) is 0 Å². The predicted molar refractivity (Wildman–Crippen MR) is 74.1 cm³/mol. The second-order valence-corrected chi connectivity index (χ2v) is 4.78. The number of rotatable bonds is 4. The van der Waals surface area contributed by atoms with Crippen LogP contribution in [0.1, 0.15) is 25.7 Å². The Bertz CT molecular complexity index is 393. The predicted octanol–water partition coefficient (Wildman–Crippen LogP) is 2.02. The molecular weight excluding hydrogens is 228 g/mol. The van der Waals surface area contributed by atoms with Crippen molar-refractivity contribution in [2.75, 3.05) is 30.9 Å². The van der Waals surface area contributed by atoms with Gasteiger partial charge in [-0.1, -0.05) is 0 Å². The van der Waals surface area contributed by atoms with Gasteiger partial charge in [0.2, 0.25) is 0 Å². The summed E-state index contributed by atoms with van der Waals surface area (Å²) in [5, 5.41) is 9.16. The fourth-order valence-electron chi connectivity index (χ4n) is 2.69. The smallest absolute Gasteiger partial charge is 0.121 e. The molecular formula is C14H22N2O2. The van der Waals surface area contributed by atoms with Gasteiger partial charge < -0.3 is 20.5 Å². The number of piperidine rings is 1. The van der Waals surface area contributed by atoms with Crippen LogP contribution in [0.4, 0.5) is 11.4 Å². The van der Waals surface area contributed by atoms with Crippen molar-refractivity contribution in [2.24, 2.45) is 0 Å². The maximum absolute atomic E-state index is 9.16. The standard InChI is InChI=1S/C14H22N2O2/c1-18-12-5-6-14(13(15)10-12)16-8-3-2-4-11(16)7-9-17/h5-6,10-11,17H,2-4,7-9,15H2,1H3. The van der Waals surface area contributed by atoms with Crippen molar-refractivity contribution < 1.29 is 9.84 Å². The molecule has 1 aromatic carbocycles. The molecule has 18 heavy (non-hydrogen) atoms. The lowest BCUT2D eigenvalue weighted by atomic mass is 9.98. The van der Waals surface area contributed by atoms with E-state index in [2.05, 4.69) is 4.90 Å². The van der Waals surface area contributed by atoms with Gasteiger partial charge in [-0.25, -0.2) is 0 Å². The number of hydrogen-bond donors (Lipinski definition) is 2. The SMILES string of the molecule is COc1ccc(N2CCCCC2CCO)c(N)c1. The first-order chi connectivity index (χ1) is 8.76. The highest BCUT2D eigenvalue weighted by Gasteiger charge is 2.23. The lowest BCUT2D eigenvalue weighted by molar-refractivity contribution is 0.262. The molecule has 100 valence electrons. The van der Waals surface area contributed by atoms with Crippen LogP contribution in [0.3, 0.4) is 0 Å². The van der Waals surface area contributed by atoms with Crippen LogP contribution in [0.15, 0.2) is 18.2 Å². The summed E-state index contributed by atoms with van der Waals surface area (Å²) in [5.74, 6) is 0.784. The van der Waals surface area contributed by atoms with E-state index in [9.17, 15) is 0 Å². The molecule has 4 heteroatoms. The first kappa shape index (κ1) is 13.0. The molecule has 1 saturated heterocycles. The number of aliphatic hydroxyl groups excluding tert-OH is 1. The summed E-state index contributed by atoms with van der Waals surface area (Å²) in [7, 11) is 1.64. The monoisotopic (exact) mass is 250 g/mol. The molecule has 4 nitrogen and oxygen atoms in total. The molecule has 1 aromatic rings. The van der Waals surface area contributed by atoms with Crippen LogP contribution in [-0.2, 0) is 0 Å². The minimum Gasteiger partial charge on any atom is -0.497 e. The largest absolute Gasteiger partial charge is 0.497 e. The van der Waals surface area contributed by atoms with Crippen LogP contribution in [0.25, 0.3) is 0 Å². The Morgan fingerprint density at radius 2 is 2.28 bits per heavy atom. The highest BCUT2D eigenvalue weighted by atomic mass is 16.5. The molecule has 1 fully saturated rings. The number of ether oxygens (including phenoxy) is 1. The van der Waals surface area contributed by atoms with Crippen molar-refractivity contribution >= 4 is 11.4 Å². The Balaban J connectivity index is 2.22. The molecule has 1 heterocycles. The van der Waals surface area contributed by atoms with Gasteiger partial charge in [0.25, 0.3) is 0 Å². The maximum atomic E-state index is 9.16. The Kier molecular flexibility index (Phi) is 4.31. The zero-order valence-corrected chi connectivity index (χ0v) is 10.9. The van der Waals surface area contributed by atoms with Crippen LogP contribution >= 0.6 is 0 Å². The summed E-state index contributed by atoms with van der Waals surface area (Å²) in [5.41, 5.74) is 7.92. The van der Waals surface area contributed by atoms with Crippen molar-refractivity contribution in [3.05, 3.63) is 18.2 Å². The van der Waals surface area contributed by atoms with E-state index in [4.69, 9.17) is 15.6 Å². The highest BCUT2D eigenvalue weighted by Crippen LogP contribution is 2.33. The quantitative estimate of drug-likeness (QED) is 0.803. The minimum absolute atomic E-state index is 0.233. The number of hydrogen-bond acceptors (Lipinski definition) is 4. The van der Waals surface area contributed by atoms with Crippen molar-refractivity contribution in [1.29, 1.82) is 0 Å². The van der Waals surface area contributed by atoms with E-state index < -0.39 is 0 Å². The van der Waals surface area contributed by atoms with E-state index in [1.54, 1.807) is 7.11 Å². The summed E-state index contributed by atoms with van der Waals surface area (Å²) in [6.45, 7) is 1.25. The van der Waals surface area contributed by atoms with Crippen LogP contribution < -0.4 is 15.4 Å². The minimum atomic E-state index is 0.233. The molecule has 0 spiro atoms. The molecule has 0 bridgehead atoms. The molecule has 0 radical (unpaired) electrons. The number of nitrogens with two attached hydrogens (primary N) is 1. The van der Waals surface area contributed by atoms with Gasteiger partial charge in [-0.3, -0.25) is 0 Å². The summed E-state index contributed by atoms with van der Waals surface area (Å²) in [4.78, 5) is 2.33. The average molecular weight is 250 g/mol. The van der Waals surface area contributed by atoms with E-state index in [1.807, 2.05) is 18.2 Å². The van der Waals surface area contributed by atoms with E-state index in [0.717, 1.165) is 36.5 Å². The number of methoxy groups -OCH3 is 1.